The number of halogens is 1. The maximum Gasteiger partial charge on any atom is 0.341 e. The van der Waals surface area contributed by atoms with Crippen LogP contribution in [-0.2, 0) is 14.6 Å². The minimum atomic E-state index is -3.95. The van der Waals surface area contributed by atoms with Gasteiger partial charge in [-0.15, -0.1) is 0 Å². The average molecular weight is 534 g/mol. The predicted molar refractivity (Wildman–Crippen MR) is 135 cm³/mol. The summed E-state index contributed by atoms with van der Waals surface area (Å²) in [5, 5.41) is 24.0. The van der Waals surface area contributed by atoms with Crippen molar-refractivity contribution in [3.05, 3.63) is 82.9 Å². The summed E-state index contributed by atoms with van der Waals surface area (Å²) < 4.78 is 36.7. The Labute approximate surface area is 215 Å². The molecule has 3 N–H and O–H groups in total. The Morgan fingerprint density at radius 2 is 1.75 bits per heavy atom. The van der Waals surface area contributed by atoms with Crippen molar-refractivity contribution in [2.45, 2.75) is 35.8 Å². The zero-order valence-electron chi connectivity index (χ0n) is 19.8. The number of rotatable bonds is 11. The van der Waals surface area contributed by atoms with Crippen LogP contribution in [0.4, 0.5) is 0 Å². The van der Waals surface area contributed by atoms with Crippen molar-refractivity contribution < 1.29 is 32.9 Å². The van der Waals surface area contributed by atoms with E-state index in [0.717, 1.165) is 12.1 Å². The highest BCUT2D eigenvalue weighted by Crippen LogP contribution is 2.28. The SMILES string of the molecule is CCOC(=O)c1cc(S(=O)(=O)c2ccc(OC[C@@H](C)NC[C@H](O)c3cccc(Cl)c3)cc2)ccc1O. The van der Waals surface area contributed by atoms with Crippen LogP contribution in [0.5, 0.6) is 11.5 Å². The number of ether oxygens (including phenoxy) is 2. The first kappa shape index (κ1) is 27.5. The molecule has 8 nitrogen and oxygen atoms in total. The summed E-state index contributed by atoms with van der Waals surface area (Å²) in [5.41, 5.74) is 0.489. The molecule has 0 radical (unpaired) electrons. The minimum absolute atomic E-state index is 0.00571. The van der Waals surface area contributed by atoms with Crippen molar-refractivity contribution >= 4 is 27.4 Å². The number of hydrogen-bond acceptors (Lipinski definition) is 8. The first-order valence-corrected chi connectivity index (χ1v) is 13.1. The van der Waals surface area contributed by atoms with Gasteiger partial charge in [-0.05, 0) is 74.0 Å². The molecule has 0 spiro atoms. The molecule has 0 aliphatic rings. The molecule has 3 rings (SSSR count). The summed E-state index contributed by atoms with van der Waals surface area (Å²) in [4.78, 5) is 11.9. The van der Waals surface area contributed by atoms with Crippen molar-refractivity contribution in [2.75, 3.05) is 19.8 Å². The van der Waals surface area contributed by atoms with E-state index in [1.54, 1.807) is 31.2 Å². The van der Waals surface area contributed by atoms with E-state index in [4.69, 9.17) is 21.1 Å². The Kier molecular flexibility index (Phi) is 9.33. The molecule has 0 fully saturated rings. The van der Waals surface area contributed by atoms with Gasteiger partial charge in [-0.2, -0.15) is 0 Å². The first-order chi connectivity index (χ1) is 17.1. The second-order valence-corrected chi connectivity index (χ2v) is 10.5. The molecule has 0 amide bonds. The van der Waals surface area contributed by atoms with E-state index in [-0.39, 0.29) is 40.4 Å². The smallest absolute Gasteiger partial charge is 0.341 e. The van der Waals surface area contributed by atoms with Gasteiger partial charge in [0, 0.05) is 17.6 Å². The van der Waals surface area contributed by atoms with Gasteiger partial charge in [0.15, 0.2) is 0 Å². The van der Waals surface area contributed by atoms with Crippen molar-refractivity contribution in [1.29, 1.82) is 0 Å². The molecule has 0 aliphatic heterocycles. The lowest BCUT2D eigenvalue weighted by atomic mass is 10.1. The summed E-state index contributed by atoms with van der Waals surface area (Å²) in [6, 6.07) is 16.3. The van der Waals surface area contributed by atoms with E-state index in [0.29, 0.717) is 22.9 Å². The normalized spacial score (nSPS) is 13.1. The van der Waals surface area contributed by atoms with Crippen LogP contribution in [-0.4, -0.2) is 50.4 Å². The van der Waals surface area contributed by atoms with Gasteiger partial charge >= 0.3 is 5.97 Å². The molecule has 3 aromatic rings. The molecule has 0 aromatic heterocycles. The van der Waals surface area contributed by atoms with Crippen molar-refractivity contribution in [1.82, 2.24) is 5.32 Å². The number of aliphatic hydroxyl groups is 1. The largest absolute Gasteiger partial charge is 0.507 e. The van der Waals surface area contributed by atoms with Crippen LogP contribution in [0.2, 0.25) is 5.02 Å². The Hall–Kier alpha value is -3.11. The summed E-state index contributed by atoms with van der Waals surface area (Å²) in [7, 11) is -3.95. The van der Waals surface area contributed by atoms with Crippen molar-refractivity contribution in [3.63, 3.8) is 0 Å². The molecule has 192 valence electrons. The Morgan fingerprint density at radius 3 is 2.42 bits per heavy atom. The zero-order chi connectivity index (χ0) is 26.3. The fourth-order valence-corrected chi connectivity index (χ4v) is 4.82. The molecular weight excluding hydrogens is 506 g/mol. The second-order valence-electron chi connectivity index (χ2n) is 8.07. The minimum Gasteiger partial charge on any atom is -0.507 e. The highest BCUT2D eigenvalue weighted by atomic mass is 35.5. The fourth-order valence-electron chi connectivity index (χ4n) is 3.33. The van der Waals surface area contributed by atoms with Gasteiger partial charge in [-0.25, -0.2) is 13.2 Å². The van der Waals surface area contributed by atoms with Crippen LogP contribution in [0.15, 0.2) is 76.5 Å². The molecule has 10 heteroatoms. The van der Waals surface area contributed by atoms with Gasteiger partial charge in [0.25, 0.3) is 0 Å². The molecule has 2 atom stereocenters. The molecule has 36 heavy (non-hydrogen) atoms. The third-order valence-corrected chi connectivity index (χ3v) is 7.30. The number of aliphatic hydroxyl groups excluding tert-OH is 1. The first-order valence-electron chi connectivity index (χ1n) is 11.3. The molecule has 0 saturated heterocycles. The number of aromatic hydroxyl groups is 1. The molecular formula is C26H28ClNO7S. The number of phenols is 1. The topological polar surface area (TPSA) is 122 Å². The molecule has 0 bridgehead atoms. The number of carbonyl (C=O) groups is 1. The van der Waals surface area contributed by atoms with Crippen molar-refractivity contribution in [3.8, 4) is 11.5 Å². The van der Waals surface area contributed by atoms with E-state index < -0.39 is 21.9 Å². The number of hydrogen-bond donors (Lipinski definition) is 3. The van der Waals surface area contributed by atoms with Crippen LogP contribution in [0.3, 0.4) is 0 Å². The van der Waals surface area contributed by atoms with Crippen LogP contribution in [0.25, 0.3) is 0 Å². The molecule has 3 aromatic carbocycles. The molecule has 0 heterocycles. The summed E-state index contributed by atoms with van der Waals surface area (Å²) in [6.45, 7) is 4.20. The maximum atomic E-state index is 13.0. The molecule has 0 saturated carbocycles. The Morgan fingerprint density at radius 1 is 1.06 bits per heavy atom. The summed E-state index contributed by atoms with van der Waals surface area (Å²) in [5.74, 6) is -0.700. The van der Waals surface area contributed by atoms with Crippen LogP contribution >= 0.6 is 11.6 Å². The number of benzene rings is 3. The van der Waals surface area contributed by atoms with E-state index in [2.05, 4.69) is 5.32 Å². The third-order valence-electron chi connectivity index (χ3n) is 5.30. The van der Waals surface area contributed by atoms with Crippen LogP contribution < -0.4 is 10.1 Å². The Balaban J connectivity index is 1.59. The maximum absolute atomic E-state index is 13.0. The molecule has 0 aliphatic carbocycles. The number of nitrogens with one attached hydrogen (secondary N) is 1. The van der Waals surface area contributed by atoms with Gasteiger partial charge in [-0.1, -0.05) is 23.7 Å². The quantitative estimate of drug-likeness (QED) is 0.314. The number of phenolic OH excluding ortho intramolecular Hbond substituents is 1. The monoisotopic (exact) mass is 533 g/mol. The number of esters is 1. The van der Waals surface area contributed by atoms with Gasteiger partial charge in [0.05, 0.1) is 22.5 Å². The Bertz CT molecular complexity index is 1300. The molecule has 0 unspecified atom stereocenters. The lowest BCUT2D eigenvalue weighted by Crippen LogP contribution is -2.34. The number of carbonyl (C=O) groups excluding carboxylic acids is 1. The summed E-state index contributed by atoms with van der Waals surface area (Å²) >= 11 is 5.96. The van der Waals surface area contributed by atoms with Gasteiger partial charge in [0.2, 0.25) is 9.84 Å². The second kappa shape index (κ2) is 12.2. The predicted octanol–water partition coefficient (Wildman–Crippen LogP) is 4.15. The van der Waals surface area contributed by atoms with Gasteiger partial charge in [0.1, 0.15) is 23.7 Å². The summed E-state index contributed by atoms with van der Waals surface area (Å²) in [6.07, 6.45) is -0.722. The van der Waals surface area contributed by atoms with Gasteiger partial charge < -0.3 is 25.0 Å². The van der Waals surface area contributed by atoms with Gasteiger partial charge in [-0.3, -0.25) is 0 Å². The number of sulfone groups is 1. The highest BCUT2D eigenvalue weighted by molar-refractivity contribution is 7.91. The lowest BCUT2D eigenvalue weighted by molar-refractivity contribution is 0.0522. The highest BCUT2D eigenvalue weighted by Gasteiger charge is 2.22. The van der Waals surface area contributed by atoms with E-state index in [9.17, 15) is 23.4 Å². The lowest BCUT2D eigenvalue weighted by Gasteiger charge is -2.18. The van der Waals surface area contributed by atoms with Crippen LogP contribution in [0.1, 0.15) is 35.9 Å². The fraction of sp³-hybridized carbons (Fsp3) is 0.269. The average Bonchev–Trinajstić information content (AvgIpc) is 2.86. The third kappa shape index (κ3) is 6.98. The zero-order valence-corrected chi connectivity index (χ0v) is 21.4. The van der Waals surface area contributed by atoms with E-state index in [1.165, 1.54) is 30.3 Å². The van der Waals surface area contributed by atoms with Crippen molar-refractivity contribution in [2.24, 2.45) is 0 Å². The standard InChI is InChI=1S/C26H28ClNO7S/c1-3-34-26(31)23-14-22(11-12-24(23)29)36(32,33)21-9-7-20(8-10-21)35-16-17(2)28-15-25(30)18-5-4-6-19(27)13-18/h4-14,17,25,28-30H,3,15-16H2,1-2H3/t17-,25+/m1/s1. The van der Waals surface area contributed by atoms with Crippen LogP contribution in [0, 0.1) is 0 Å². The van der Waals surface area contributed by atoms with E-state index >= 15 is 0 Å². The van der Waals surface area contributed by atoms with E-state index in [1.807, 2.05) is 6.92 Å².